The van der Waals surface area contributed by atoms with Gasteiger partial charge in [0.25, 0.3) is 10.0 Å². The molecule has 0 spiro atoms. The van der Waals surface area contributed by atoms with Gasteiger partial charge >= 0.3 is 0 Å². The Morgan fingerprint density at radius 2 is 1.61 bits per heavy atom. The van der Waals surface area contributed by atoms with Gasteiger partial charge in [-0.2, -0.15) is 4.31 Å². The van der Waals surface area contributed by atoms with Crippen molar-refractivity contribution in [1.29, 1.82) is 0 Å². The molecule has 0 aliphatic carbocycles. The first kappa shape index (κ1) is 20.8. The van der Waals surface area contributed by atoms with Crippen LogP contribution in [-0.4, -0.2) is 51.6 Å². The maximum atomic E-state index is 12.9. The van der Waals surface area contributed by atoms with Gasteiger partial charge < -0.3 is 9.26 Å². The lowest BCUT2D eigenvalue weighted by molar-refractivity contribution is -0.0440. The first-order valence-corrected chi connectivity index (χ1v) is 11.6. The minimum Gasteiger partial charge on any atom is -0.373 e. The largest absolute Gasteiger partial charge is 0.373 e. The van der Waals surface area contributed by atoms with Crippen molar-refractivity contribution in [3.05, 3.63) is 35.7 Å². The Morgan fingerprint density at radius 1 is 1.04 bits per heavy atom. The second-order valence-corrected chi connectivity index (χ2v) is 10.4. The molecule has 2 atom stereocenters. The number of sulfonamides is 2. The summed E-state index contributed by atoms with van der Waals surface area (Å²) in [6, 6.07) is 5.59. The molecule has 1 aromatic heterocycles. The lowest BCUT2D eigenvalue weighted by Crippen LogP contribution is -2.48. The average Bonchev–Trinajstić information content (AvgIpc) is 2.93. The summed E-state index contributed by atoms with van der Waals surface area (Å²) in [6.45, 7) is 7.23. The number of hydrogen-bond donors (Lipinski definition) is 1. The molecule has 0 unspecified atom stereocenters. The maximum absolute atomic E-state index is 12.9. The van der Waals surface area contributed by atoms with Crippen molar-refractivity contribution in [3.8, 4) is 0 Å². The highest BCUT2D eigenvalue weighted by Gasteiger charge is 2.32. The summed E-state index contributed by atoms with van der Waals surface area (Å²) >= 11 is 0. The summed E-state index contributed by atoms with van der Waals surface area (Å²) in [6.07, 6.45) is -0.390. The monoisotopic (exact) mass is 429 g/mol. The van der Waals surface area contributed by atoms with Crippen LogP contribution in [0.5, 0.6) is 0 Å². The molecule has 11 heteroatoms. The van der Waals surface area contributed by atoms with Crippen LogP contribution in [0.4, 0.5) is 5.69 Å². The number of aromatic nitrogens is 1. The van der Waals surface area contributed by atoms with Crippen LogP contribution in [0.25, 0.3) is 0 Å². The number of morpholine rings is 1. The van der Waals surface area contributed by atoms with E-state index in [2.05, 4.69) is 9.88 Å². The van der Waals surface area contributed by atoms with Gasteiger partial charge in [-0.15, -0.1) is 0 Å². The molecule has 2 aromatic rings. The van der Waals surface area contributed by atoms with Gasteiger partial charge in [0.1, 0.15) is 5.69 Å². The third kappa shape index (κ3) is 4.07. The Labute approximate surface area is 164 Å². The van der Waals surface area contributed by atoms with E-state index >= 15 is 0 Å². The van der Waals surface area contributed by atoms with Crippen molar-refractivity contribution < 1.29 is 26.1 Å². The van der Waals surface area contributed by atoms with Gasteiger partial charge in [-0.3, -0.25) is 4.72 Å². The minimum atomic E-state index is -3.90. The number of rotatable bonds is 5. The van der Waals surface area contributed by atoms with Gasteiger partial charge in [0, 0.05) is 18.8 Å². The van der Waals surface area contributed by atoms with Crippen molar-refractivity contribution in [3.63, 3.8) is 0 Å². The van der Waals surface area contributed by atoms with E-state index in [0.29, 0.717) is 0 Å². The molecule has 2 heterocycles. The molecule has 9 nitrogen and oxygen atoms in total. The molecule has 154 valence electrons. The van der Waals surface area contributed by atoms with E-state index in [1.165, 1.54) is 42.4 Å². The molecule has 1 saturated heterocycles. The van der Waals surface area contributed by atoms with Crippen LogP contribution in [0.1, 0.15) is 25.3 Å². The minimum absolute atomic E-state index is 0.0273. The normalized spacial score (nSPS) is 21.6. The first-order valence-electron chi connectivity index (χ1n) is 8.72. The molecule has 1 aliphatic rings. The number of anilines is 1. The SMILES string of the molecule is Cc1noc(C)c1S(=O)(=O)Nc1ccc(S(=O)(=O)N2C[C@@H](C)O[C@@H](C)C2)cc1. The molecule has 1 N–H and O–H groups in total. The zero-order valence-electron chi connectivity index (χ0n) is 16.0. The molecule has 1 fully saturated rings. The van der Waals surface area contributed by atoms with Crippen molar-refractivity contribution in [2.24, 2.45) is 0 Å². The lowest BCUT2D eigenvalue weighted by Gasteiger charge is -2.34. The topological polar surface area (TPSA) is 119 Å². The number of ether oxygens (including phenoxy) is 1. The Bertz CT molecular complexity index is 1030. The fraction of sp³-hybridized carbons (Fsp3) is 0.471. The van der Waals surface area contributed by atoms with Gasteiger partial charge in [-0.25, -0.2) is 16.8 Å². The molecule has 1 aliphatic heterocycles. The molecule has 1 aromatic carbocycles. The number of nitrogens with one attached hydrogen (secondary N) is 1. The van der Waals surface area contributed by atoms with E-state index in [-0.39, 0.29) is 52.2 Å². The third-order valence-electron chi connectivity index (χ3n) is 4.37. The summed E-state index contributed by atoms with van der Waals surface area (Å²) in [4.78, 5) is 0.0644. The second kappa shape index (κ2) is 7.47. The van der Waals surface area contributed by atoms with Crippen LogP contribution in [0, 0.1) is 13.8 Å². The summed E-state index contributed by atoms with van der Waals surface area (Å²) in [5.74, 6) is 0.180. The number of nitrogens with zero attached hydrogens (tertiary/aromatic N) is 2. The second-order valence-electron chi connectivity index (χ2n) is 6.86. The van der Waals surface area contributed by atoms with E-state index in [4.69, 9.17) is 9.26 Å². The van der Waals surface area contributed by atoms with Crippen molar-refractivity contribution >= 4 is 25.7 Å². The highest BCUT2D eigenvalue weighted by molar-refractivity contribution is 7.92. The molecule has 0 bridgehead atoms. The zero-order chi connectivity index (χ0) is 20.7. The molecular formula is C17H23N3O6S2. The molecule has 0 saturated carbocycles. The van der Waals surface area contributed by atoms with Crippen LogP contribution in [-0.2, 0) is 24.8 Å². The highest BCUT2D eigenvalue weighted by atomic mass is 32.2. The quantitative estimate of drug-likeness (QED) is 0.771. The van der Waals surface area contributed by atoms with Gasteiger partial charge in [-0.05, 0) is 52.0 Å². The number of benzene rings is 1. The van der Waals surface area contributed by atoms with Gasteiger partial charge in [-0.1, -0.05) is 5.16 Å². The standard InChI is InChI=1S/C17H23N3O6S2/c1-11-9-20(10-12(2)25-11)28(23,24)16-7-5-15(6-8-16)19-27(21,22)17-13(3)18-26-14(17)4/h5-8,11-12,19H,9-10H2,1-4H3/t11-,12+. The molecule has 3 rings (SSSR count). The van der Waals surface area contributed by atoms with Gasteiger partial charge in [0.2, 0.25) is 10.0 Å². The Morgan fingerprint density at radius 3 is 2.11 bits per heavy atom. The predicted molar refractivity (Wildman–Crippen MR) is 102 cm³/mol. The van der Waals surface area contributed by atoms with Gasteiger partial charge in [0.15, 0.2) is 10.7 Å². The summed E-state index contributed by atoms with van der Waals surface area (Å²) in [7, 11) is -7.59. The van der Waals surface area contributed by atoms with Crippen LogP contribution in [0.15, 0.2) is 38.6 Å². The summed E-state index contributed by atoms with van der Waals surface area (Å²) in [5, 5.41) is 3.65. The number of hydrogen-bond acceptors (Lipinski definition) is 7. The molecule has 28 heavy (non-hydrogen) atoms. The van der Waals surface area contributed by atoms with E-state index in [1.54, 1.807) is 0 Å². The van der Waals surface area contributed by atoms with E-state index in [9.17, 15) is 16.8 Å². The molecule has 0 amide bonds. The van der Waals surface area contributed by atoms with Crippen molar-refractivity contribution in [1.82, 2.24) is 9.46 Å². The zero-order valence-corrected chi connectivity index (χ0v) is 17.7. The predicted octanol–water partition coefficient (Wildman–Crippen LogP) is 1.89. The Kier molecular flexibility index (Phi) is 5.54. The highest BCUT2D eigenvalue weighted by Crippen LogP contribution is 2.25. The third-order valence-corrected chi connectivity index (χ3v) is 7.84. The fourth-order valence-corrected chi connectivity index (χ4v) is 6.22. The first-order chi connectivity index (χ1) is 13.0. The number of aryl methyl sites for hydroxylation is 2. The average molecular weight is 430 g/mol. The van der Waals surface area contributed by atoms with Crippen LogP contribution in [0.3, 0.4) is 0 Å². The van der Waals surface area contributed by atoms with E-state index in [1.807, 2.05) is 13.8 Å². The molecular weight excluding hydrogens is 406 g/mol. The maximum Gasteiger partial charge on any atom is 0.267 e. The van der Waals surface area contributed by atoms with Crippen LogP contribution < -0.4 is 4.72 Å². The van der Waals surface area contributed by atoms with E-state index < -0.39 is 20.0 Å². The van der Waals surface area contributed by atoms with Crippen molar-refractivity contribution in [2.75, 3.05) is 17.8 Å². The molecule has 0 radical (unpaired) electrons. The van der Waals surface area contributed by atoms with Gasteiger partial charge in [0.05, 0.1) is 17.1 Å². The fourth-order valence-electron chi connectivity index (χ4n) is 3.24. The lowest BCUT2D eigenvalue weighted by atomic mass is 10.3. The van der Waals surface area contributed by atoms with Crippen LogP contribution >= 0.6 is 0 Å². The Balaban J connectivity index is 1.82. The van der Waals surface area contributed by atoms with Crippen molar-refractivity contribution in [2.45, 2.75) is 49.7 Å². The Hall–Kier alpha value is -1.95. The summed E-state index contributed by atoms with van der Waals surface area (Å²) in [5.41, 5.74) is 0.488. The van der Waals surface area contributed by atoms with Crippen LogP contribution in [0.2, 0.25) is 0 Å². The van der Waals surface area contributed by atoms with E-state index in [0.717, 1.165) is 0 Å². The summed E-state index contributed by atoms with van der Waals surface area (Å²) < 4.78 is 65.1. The smallest absolute Gasteiger partial charge is 0.267 e.